The number of rotatable bonds is 1. The Morgan fingerprint density at radius 3 is 3.00 bits per heavy atom. The van der Waals surface area contributed by atoms with Gasteiger partial charge in [0.25, 0.3) is 0 Å². The van der Waals surface area contributed by atoms with Crippen LogP contribution < -0.4 is 11.1 Å². The first-order valence-corrected chi connectivity index (χ1v) is 1.79. The highest BCUT2D eigenvalue weighted by Gasteiger charge is 1.79. The van der Waals surface area contributed by atoms with Gasteiger partial charge in [-0.15, -0.1) is 4.99 Å². The quantitative estimate of drug-likeness (QED) is 0.229. The second-order valence-electron chi connectivity index (χ2n) is 0.886. The zero-order valence-electron chi connectivity index (χ0n) is 4.05. The van der Waals surface area contributed by atoms with Crippen molar-refractivity contribution >= 4 is 12.3 Å². The molecule has 0 fully saturated rings. The van der Waals surface area contributed by atoms with Crippen LogP contribution in [0.3, 0.4) is 0 Å². The molecule has 0 rings (SSSR count). The highest BCUT2D eigenvalue weighted by atomic mass is 15.1. The summed E-state index contributed by atoms with van der Waals surface area (Å²) in [4.78, 5) is 3.05. The van der Waals surface area contributed by atoms with Gasteiger partial charge >= 0.3 is 0 Å². The van der Waals surface area contributed by atoms with E-state index in [1.54, 1.807) is 0 Å². The van der Waals surface area contributed by atoms with Gasteiger partial charge in [0.1, 0.15) is 0 Å². The number of aliphatic imine (C=N–C) groups is 1. The fourth-order valence-corrected chi connectivity index (χ4v) is 0.160. The number of nitrogens with zero attached hydrogens (tertiary/aromatic N) is 2. The maximum atomic E-state index is 7.83. The van der Waals surface area contributed by atoms with E-state index in [9.17, 15) is 0 Å². The summed E-state index contributed by atoms with van der Waals surface area (Å²) in [7, 11) is 0. The summed E-state index contributed by atoms with van der Waals surface area (Å²) in [6.45, 7) is 0. The molecule has 0 aromatic heterocycles. The van der Waals surface area contributed by atoms with Crippen molar-refractivity contribution in [2.75, 3.05) is 0 Å². The number of hydrogen-bond donors (Lipinski definition) is 3. The van der Waals surface area contributed by atoms with Crippen LogP contribution in [0.5, 0.6) is 0 Å². The predicted molar refractivity (Wildman–Crippen MR) is 29.2 cm³/mol. The van der Waals surface area contributed by atoms with Gasteiger partial charge in [-0.3, -0.25) is 5.41 Å². The van der Waals surface area contributed by atoms with Crippen molar-refractivity contribution in [3.63, 3.8) is 0 Å². The second kappa shape index (κ2) is 3.61. The van der Waals surface area contributed by atoms with E-state index in [1.807, 2.05) is 0 Å². The van der Waals surface area contributed by atoms with Gasteiger partial charge in [0.2, 0.25) is 12.2 Å². The van der Waals surface area contributed by atoms with Crippen LogP contribution in [-0.4, -0.2) is 12.3 Å². The monoisotopic (exact) mass is 111 g/mol. The molecule has 0 aliphatic heterocycles. The predicted octanol–water partition coefficient (Wildman–Crippen LogP) is -1.02. The van der Waals surface area contributed by atoms with E-state index in [2.05, 4.69) is 10.3 Å². The molecule has 5 nitrogen and oxygen atoms in total. The van der Waals surface area contributed by atoms with Gasteiger partial charge < -0.3 is 11.1 Å². The van der Waals surface area contributed by atoms with Crippen LogP contribution in [0, 0.1) is 16.9 Å². The van der Waals surface area contributed by atoms with Gasteiger partial charge in [-0.25, -0.2) is 0 Å². The van der Waals surface area contributed by atoms with Crippen molar-refractivity contribution < 1.29 is 0 Å². The molecular formula is C3H5N5. The van der Waals surface area contributed by atoms with E-state index in [1.165, 1.54) is 6.19 Å². The first-order chi connectivity index (χ1) is 3.81. The lowest BCUT2D eigenvalue weighted by Gasteiger charge is -1.89. The molecule has 0 aliphatic rings. The minimum Gasteiger partial charge on any atom is -0.369 e. The molecule has 8 heavy (non-hydrogen) atoms. The number of nitrogens with two attached hydrogens (primary N) is 1. The van der Waals surface area contributed by atoms with Gasteiger partial charge in [-0.1, -0.05) is 0 Å². The Morgan fingerprint density at radius 2 is 2.62 bits per heavy atom. The number of hydrogen-bond acceptors (Lipinski definition) is 3. The van der Waals surface area contributed by atoms with Crippen molar-refractivity contribution in [1.82, 2.24) is 5.32 Å². The van der Waals surface area contributed by atoms with E-state index in [-0.39, 0.29) is 5.96 Å². The van der Waals surface area contributed by atoms with E-state index < -0.39 is 0 Å². The summed E-state index contributed by atoms with van der Waals surface area (Å²) >= 11 is 0. The lowest BCUT2D eigenvalue weighted by Crippen LogP contribution is -2.29. The van der Waals surface area contributed by atoms with Crippen molar-refractivity contribution in [2.45, 2.75) is 0 Å². The average molecular weight is 111 g/mol. The summed E-state index contributed by atoms with van der Waals surface area (Å²) < 4.78 is 0. The molecule has 0 saturated heterocycles. The van der Waals surface area contributed by atoms with Gasteiger partial charge in [0, 0.05) is 0 Å². The molecule has 5 heteroatoms. The van der Waals surface area contributed by atoms with E-state index >= 15 is 0 Å². The zero-order chi connectivity index (χ0) is 6.41. The molecule has 42 valence electrons. The third-order valence-corrected chi connectivity index (χ3v) is 0.391. The van der Waals surface area contributed by atoms with Gasteiger partial charge in [-0.05, 0) is 0 Å². The smallest absolute Gasteiger partial charge is 0.209 e. The molecule has 0 unspecified atom stereocenters. The molecule has 0 bridgehead atoms. The molecule has 0 atom stereocenters. The van der Waals surface area contributed by atoms with Gasteiger partial charge in [0.15, 0.2) is 0 Å². The SMILES string of the molecule is N#C/N=C(\N)NC=N. The zero-order valence-corrected chi connectivity index (χ0v) is 4.05. The third kappa shape index (κ3) is 2.66. The molecule has 0 amide bonds. The largest absolute Gasteiger partial charge is 0.369 e. The summed E-state index contributed by atoms with van der Waals surface area (Å²) in [5.41, 5.74) is 4.96. The van der Waals surface area contributed by atoms with Gasteiger partial charge in [-0.2, -0.15) is 5.26 Å². The molecule has 0 aromatic carbocycles. The Morgan fingerprint density at radius 1 is 2.00 bits per heavy atom. The molecule has 0 aromatic rings. The van der Waals surface area contributed by atoms with Crippen LogP contribution in [-0.2, 0) is 0 Å². The topological polar surface area (TPSA) is 98.1 Å². The lowest BCUT2D eigenvalue weighted by molar-refractivity contribution is 1.28. The first-order valence-electron chi connectivity index (χ1n) is 1.79. The Labute approximate surface area is 46.3 Å². The van der Waals surface area contributed by atoms with Crippen molar-refractivity contribution in [3.8, 4) is 6.19 Å². The van der Waals surface area contributed by atoms with Crippen LogP contribution in [0.2, 0.25) is 0 Å². The summed E-state index contributed by atoms with van der Waals surface area (Å²) in [6.07, 6.45) is 2.29. The summed E-state index contributed by atoms with van der Waals surface area (Å²) in [5, 5.41) is 16.4. The highest BCUT2D eigenvalue weighted by molar-refractivity contribution is 5.88. The number of nitrogens with one attached hydrogen (secondary N) is 2. The van der Waals surface area contributed by atoms with Gasteiger partial charge in [0.05, 0.1) is 6.34 Å². The fourth-order valence-electron chi connectivity index (χ4n) is 0.160. The van der Waals surface area contributed by atoms with Crippen molar-refractivity contribution in [3.05, 3.63) is 0 Å². The maximum Gasteiger partial charge on any atom is 0.209 e. The normalized spacial score (nSPS) is 9.62. The van der Waals surface area contributed by atoms with Crippen LogP contribution in [0.4, 0.5) is 0 Å². The standard InChI is InChI=1S/C3H5N5/c4-1-7-3(6)8-2-5/h1H,(H4,4,6,7,8). The molecule has 0 spiro atoms. The van der Waals surface area contributed by atoms with Crippen molar-refractivity contribution in [2.24, 2.45) is 10.7 Å². The van der Waals surface area contributed by atoms with Crippen molar-refractivity contribution in [1.29, 1.82) is 10.7 Å². The maximum absolute atomic E-state index is 7.83. The van der Waals surface area contributed by atoms with Crippen LogP contribution >= 0.6 is 0 Å². The van der Waals surface area contributed by atoms with E-state index in [0.717, 1.165) is 6.34 Å². The number of nitriles is 1. The fraction of sp³-hybridized carbons (Fsp3) is 0. The number of guanidine groups is 1. The van der Waals surface area contributed by atoms with Crippen LogP contribution in [0.25, 0.3) is 0 Å². The minimum absolute atomic E-state index is 0.0671. The molecule has 0 heterocycles. The molecule has 0 radical (unpaired) electrons. The first kappa shape index (κ1) is 6.43. The Balaban J connectivity index is 3.65. The summed E-state index contributed by atoms with van der Waals surface area (Å²) in [5.74, 6) is -0.0671. The summed E-state index contributed by atoms with van der Waals surface area (Å²) in [6, 6.07) is 0. The average Bonchev–Trinajstić information content (AvgIpc) is 1.68. The Kier molecular flexibility index (Phi) is 2.90. The van der Waals surface area contributed by atoms with E-state index in [4.69, 9.17) is 16.4 Å². The minimum atomic E-state index is -0.0671. The molecule has 4 N–H and O–H groups in total. The van der Waals surface area contributed by atoms with Crippen LogP contribution in [0.15, 0.2) is 4.99 Å². The molecule has 0 aliphatic carbocycles. The van der Waals surface area contributed by atoms with Crippen LogP contribution in [0.1, 0.15) is 0 Å². The lowest BCUT2D eigenvalue weighted by atomic mass is 10.9. The highest BCUT2D eigenvalue weighted by Crippen LogP contribution is 1.55. The second-order valence-corrected chi connectivity index (χ2v) is 0.886. The Hall–Kier alpha value is -1.57. The Bertz CT molecular complexity index is 140. The third-order valence-electron chi connectivity index (χ3n) is 0.391. The van der Waals surface area contributed by atoms with E-state index in [0.29, 0.717) is 0 Å². The molecular weight excluding hydrogens is 106 g/mol. The molecule has 0 saturated carbocycles.